The average Bonchev–Trinajstić information content (AvgIpc) is 2.87. The lowest BCUT2D eigenvalue weighted by Crippen LogP contribution is -2.48. The molecule has 0 aromatic heterocycles. The highest BCUT2D eigenvalue weighted by Gasteiger charge is 2.24. The van der Waals surface area contributed by atoms with Crippen molar-refractivity contribution < 1.29 is 23.9 Å². The van der Waals surface area contributed by atoms with Crippen LogP contribution in [0.2, 0.25) is 0 Å². The highest BCUT2D eigenvalue weighted by molar-refractivity contribution is 5.95. The predicted octanol–water partition coefficient (Wildman–Crippen LogP) is 3.90. The topological polar surface area (TPSA) is 93.7 Å². The Labute approximate surface area is 198 Å². The third-order valence-corrected chi connectivity index (χ3v) is 4.84. The maximum absolute atomic E-state index is 12.9. The van der Waals surface area contributed by atoms with Gasteiger partial charge in [0.05, 0.1) is 0 Å². The molecule has 0 fully saturated rings. The number of hydrogen-bond donors (Lipinski definition) is 2. The lowest BCUT2D eigenvalue weighted by Gasteiger charge is -2.19. The van der Waals surface area contributed by atoms with Gasteiger partial charge in [0.25, 0.3) is 0 Å². The molecule has 0 aliphatic heterocycles. The van der Waals surface area contributed by atoms with Gasteiger partial charge in [-0.05, 0) is 16.7 Å². The van der Waals surface area contributed by atoms with Crippen molar-refractivity contribution in [3.63, 3.8) is 0 Å². The molecule has 0 aliphatic carbocycles. The maximum atomic E-state index is 12.9. The molecule has 0 heterocycles. The average molecular weight is 459 g/mol. The Bertz CT molecular complexity index is 1100. The molecular formula is C27H26N2O5. The number of ether oxygens (including phenoxy) is 2. The van der Waals surface area contributed by atoms with E-state index in [-0.39, 0.29) is 25.3 Å². The van der Waals surface area contributed by atoms with E-state index in [1.807, 2.05) is 91.0 Å². The fourth-order valence-electron chi connectivity index (χ4n) is 3.06. The Morgan fingerprint density at radius 2 is 1.18 bits per heavy atom. The van der Waals surface area contributed by atoms with Crippen LogP contribution in [-0.2, 0) is 38.7 Å². The van der Waals surface area contributed by atoms with Crippen LogP contribution in [0.4, 0.5) is 4.79 Å². The number of nitrogens with one attached hydrogen (secondary N) is 2. The lowest BCUT2D eigenvalue weighted by atomic mass is 10.1. The first-order valence-electron chi connectivity index (χ1n) is 10.7. The normalized spacial score (nSPS) is 11.1. The fraction of sp³-hybridized carbons (Fsp3) is 0.148. The zero-order valence-electron chi connectivity index (χ0n) is 18.6. The molecule has 34 heavy (non-hydrogen) atoms. The summed E-state index contributed by atoms with van der Waals surface area (Å²) in [4.78, 5) is 37.5. The number of rotatable bonds is 10. The van der Waals surface area contributed by atoms with Crippen molar-refractivity contribution in [2.75, 3.05) is 0 Å². The smallest absolute Gasteiger partial charge is 0.408 e. The van der Waals surface area contributed by atoms with Crippen molar-refractivity contribution in [3.8, 4) is 0 Å². The third kappa shape index (κ3) is 7.94. The summed E-state index contributed by atoms with van der Waals surface area (Å²) in [5.41, 5.74) is 2.22. The molecule has 0 radical (unpaired) electrons. The molecule has 3 aromatic carbocycles. The molecule has 0 saturated heterocycles. The van der Waals surface area contributed by atoms with E-state index in [2.05, 4.69) is 17.2 Å². The molecule has 3 aromatic rings. The Hall–Kier alpha value is -4.39. The van der Waals surface area contributed by atoms with Crippen LogP contribution in [0.15, 0.2) is 103 Å². The van der Waals surface area contributed by atoms with Crippen molar-refractivity contribution >= 4 is 18.0 Å². The van der Waals surface area contributed by atoms with E-state index in [9.17, 15) is 14.4 Å². The van der Waals surface area contributed by atoms with Crippen LogP contribution in [0.1, 0.15) is 16.7 Å². The zero-order chi connectivity index (χ0) is 24.2. The zero-order valence-corrected chi connectivity index (χ0v) is 18.6. The van der Waals surface area contributed by atoms with Gasteiger partial charge in [-0.1, -0.05) is 97.6 Å². The summed E-state index contributed by atoms with van der Waals surface area (Å²) in [5.74, 6) is -1.37. The van der Waals surface area contributed by atoms with Crippen molar-refractivity contribution in [2.24, 2.45) is 0 Å². The van der Waals surface area contributed by atoms with Crippen LogP contribution in [0.3, 0.4) is 0 Å². The summed E-state index contributed by atoms with van der Waals surface area (Å²) in [6, 6.07) is 26.5. The Balaban J connectivity index is 1.58. The molecule has 0 saturated carbocycles. The lowest BCUT2D eigenvalue weighted by molar-refractivity contribution is -0.141. The van der Waals surface area contributed by atoms with Crippen LogP contribution in [0.25, 0.3) is 0 Å². The van der Waals surface area contributed by atoms with Crippen molar-refractivity contribution in [2.45, 2.75) is 25.7 Å². The molecule has 7 nitrogen and oxygen atoms in total. The van der Waals surface area contributed by atoms with Gasteiger partial charge in [-0.25, -0.2) is 9.59 Å². The molecule has 7 heteroatoms. The van der Waals surface area contributed by atoms with Gasteiger partial charge in [0.2, 0.25) is 5.91 Å². The minimum absolute atomic E-state index is 0.0477. The molecule has 0 spiro atoms. The largest absolute Gasteiger partial charge is 0.456 e. The second-order valence-electron chi connectivity index (χ2n) is 7.48. The van der Waals surface area contributed by atoms with E-state index in [4.69, 9.17) is 9.47 Å². The van der Waals surface area contributed by atoms with Crippen LogP contribution in [-0.4, -0.2) is 24.0 Å². The van der Waals surface area contributed by atoms with Crippen LogP contribution in [0.5, 0.6) is 0 Å². The number of esters is 1. The summed E-state index contributed by atoms with van der Waals surface area (Å²) >= 11 is 0. The number of carbonyl (C=O) groups excluding carboxylic acids is 3. The molecule has 0 bridgehead atoms. The first kappa shape index (κ1) is 24.3. The number of amides is 2. The molecule has 2 amide bonds. The van der Waals surface area contributed by atoms with E-state index >= 15 is 0 Å². The van der Waals surface area contributed by atoms with Gasteiger partial charge in [-0.3, -0.25) is 4.79 Å². The first-order valence-corrected chi connectivity index (χ1v) is 10.7. The highest BCUT2D eigenvalue weighted by atomic mass is 16.5. The van der Waals surface area contributed by atoms with E-state index in [0.717, 1.165) is 16.7 Å². The summed E-state index contributed by atoms with van der Waals surface area (Å²) in [6.07, 6.45) is -0.559. The minimum atomic E-state index is -0.996. The second kappa shape index (κ2) is 12.6. The van der Waals surface area contributed by atoms with Crippen LogP contribution in [0, 0.1) is 0 Å². The maximum Gasteiger partial charge on any atom is 0.408 e. The summed E-state index contributed by atoms with van der Waals surface area (Å²) in [7, 11) is 0. The number of benzene rings is 3. The molecule has 0 aliphatic rings. The quantitative estimate of drug-likeness (QED) is 0.355. The second-order valence-corrected chi connectivity index (χ2v) is 7.48. The van der Waals surface area contributed by atoms with Gasteiger partial charge >= 0.3 is 12.1 Å². The van der Waals surface area contributed by atoms with E-state index < -0.39 is 24.0 Å². The van der Waals surface area contributed by atoms with Gasteiger partial charge in [-0.2, -0.15) is 0 Å². The molecule has 174 valence electrons. The molecule has 2 N–H and O–H groups in total. The Morgan fingerprint density at radius 3 is 1.71 bits per heavy atom. The summed E-state index contributed by atoms with van der Waals surface area (Å²) in [5, 5.41) is 5.01. The third-order valence-electron chi connectivity index (χ3n) is 4.84. The standard InChI is InChI=1S/C27H26N2O5/c1-20(26(31)33-18-22-13-7-3-8-14-22)28-25(30)24(17-21-11-5-2-6-12-21)29-27(32)34-19-23-15-9-4-10-16-23/h2-16,24H,1,17-19H2,(H,28,30)(H,29,32)/t24-/m0/s1. The van der Waals surface area contributed by atoms with Crippen molar-refractivity contribution in [3.05, 3.63) is 120 Å². The molecule has 3 rings (SSSR count). The van der Waals surface area contributed by atoms with Crippen LogP contribution >= 0.6 is 0 Å². The van der Waals surface area contributed by atoms with Gasteiger partial charge < -0.3 is 20.1 Å². The van der Waals surface area contributed by atoms with Crippen molar-refractivity contribution in [1.82, 2.24) is 10.6 Å². The molecular weight excluding hydrogens is 432 g/mol. The number of alkyl carbamates (subject to hydrolysis) is 1. The van der Waals surface area contributed by atoms with Gasteiger partial charge in [0.1, 0.15) is 25.0 Å². The predicted molar refractivity (Wildman–Crippen MR) is 127 cm³/mol. The Morgan fingerprint density at radius 1 is 0.706 bits per heavy atom. The SMILES string of the molecule is C=C(NC(=O)[C@H](Cc1ccccc1)NC(=O)OCc1ccccc1)C(=O)OCc1ccccc1. The van der Waals surface area contributed by atoms with E-state index in [1.165, 1.54) is 0 Å². The van der Waals surface area contributed by atoms with Gasteiger partial charge in [0, 0.05) is 6.42 Å². The number of carbonyl (C=O) groups is 3. The van der Waals surface area contributed by atoms with E-state index in [0.29, 0.717) is 0 Å². The molecule has 0 unspecified atom stereocenters. The van der Waals surface area contributed by atoms with Crippen molar-refractivity contribution in [1.29, 1.82) is 0 Å². The van der Waals surface area contributed by atoms with Gasteiger partial charge in [0.15, 0.2) is 0 Å². The Kier molecular flexibility index (Phi) is 8.99. The van der Waals surface area contributed by atoms with Gasteiger partial charge in [-0.15, -0.1) is 0 Å². The fourth-order valence-corrected chi connectivity index (χ4v) is 3.06. The summed E-state index contributed by atoms with van der Waals surface area (Å²) < 4.78 is 10.4. The minimum Gasteiger partial charge on any atom is -0.456 e. The summed E-state index contributed by atoms with van der Waals surface area (Å²) in [6.45, 7) is 3.71. The first-order chi connectivity index (χ1) is 16.5. The van der Waals surface area contributed by atoms with Crippen LogP contribution < -0.4 is 10.6 Å². The molecule has 1 atom stereocenters. The monoisotopic (exact) mass is 458 g/mol. The number of hydrogen-bond acceptors (Lipinski definition) is 5. The van der Waals surface area contributed by atoms with E-state index in [1.54, 1.807) is 0 Å². The highest BCUT2D eigenvalue weighted by Crippen LogP contribution is 2.07.